The molecule has 0 radical (unpaired) electrons. The fourth-order valence-electron chi connectivity index (χ4n) is 1.88. The van der Waals surface area contributed by atoms with Gasteiger partial charge in [0.2, 0.25) is 0 Å². The summed E-state index contributed by atoms with van der Waals surface area (Å²) in [6.07, 6.45) is -2.53. The SMILES string of the molecule is CCCOCCOC1OC(CO)C(O)C(O)C1C. The Morgan fingerprint density at radius 2 is 1.83 bits per heavy atom. The van der Waals surface area contributed by atoms with E-state index in [1.54, 1.807) is 6.92 Å². The summed E-state index contributed by atoms with van der Waals surface area (Å²) >= 11 is 0. The molecule has 1 heterocycles. The highest BCUT2D eigenvalue weighted by molar-refractivity contribution is 4.86. The van der Waals surface area contributed by atoms with Crippen LogP contribution in [0.4, 0.5) is 0 Å². The number of ether oxygens (including phenoxy) is 3. The molecule has 0 spiro atoms. The van der Waals surface area contributed by atoms with Crippen molar-refractivity contribution in [2.45, 2.75) is 44.9 Å². The van der Waals surface area contributed by atoms with Crippen LogP contribution in [0.1, 0.15) is 20.3 Å². The van der Waals surface area contributed by atoms with E-state index in [1.807, 2.05) is 6.92 Å². The Labute approximate surface area is 107 Å². The number of aliphatic hydroxyl groups excluding tert-OH is 3. The number of hydrogen-bond donors (Lipinski definition) is 3. The van der Waals surface area contributed by atoms with Crippen LogP contribution in [0.3, 0.4) is 0 Å². The second kappa shape index (κ2) is 8.04. The topological polar surface area (TPSA) is 88.4 Å². The highest BCUT2D eigenvalue weighted by atomic mass is 16.7. The van der Waals surface area contributed by atoms with Gasteiger partial charge in [0, 0.05) is 12.5 Å². The molecule has 5 unspecified atom stereocenters. The molecule has 0 amide bonds. The molecule has 6 heteroatoms. The van der Waals surface area contributed by atoms with Gasteiger partial charge in [-0.15, -0.1) is 0 Å². The summed E-state index contributed by atoms with van der Waals surface area (Å²) in [7, 11) is 0. The summed E-state index contributed by atoms with van der Waals surface area (Å²) in [6, 6.07) is 0. The average molecular weight is 264 g/mol. The molecule has 0 aromatic carbocycles. The maximum absolute atomic E-state index is 9.81. The van der Waals surface area contributed by atoms with E-state index in [4.69, 9.17) is 19.3 Å². The molecule has 0 aromatic rings. The molecular formula is C12H24O6. The van der Waals surface area contributed by atoms with E-state index in [0.717, 1.165) is 6.42 Å². The number of hydrogen-bond acceptors (Lipinski definition) is 6. The molecule has 1 aliphatic heterocycles. The normalized spacial score (nSPS) is 36.8. The molecule has 0 aliphatic carbocycles. The van der Waals surface area contributed by atoms with E-state index in [0.29, 0.717) is 19.8 Å². The molecule has 1 rings (SSSR count). The van der Waals surface area contributed by atoms with Crippen molar-refractivity contribution >= 4 is 0 Å². The third-order valence-corrected chi connectivity index (χ3v) is 3.05. The van der Waals surface area contributed by atoms with Gasteiger partial charge in [-0.25, -0.2) is 0 Å². The highest BCUT2D eigenvalue weighted by Crippen LogP contribution is 2.26. The van der Waals surface area contributed by atoms with Gasteiger partial charge in [0.1, 0.15) is 12.2 Å². The third kappa shape index (κ3) is 4.15. The molecule has 6 nitrogen and oxygen atoms in total. The van der Waals surface area contributed by atoms with Crippen LogP contribution in [0, 0.1) is 5.92 Å². The molecule has 5 atom stereocenters. The van der Waals surface area contributed by atoms with Gasteiger partial charge in [-0.05, 0) is 6.42 Å². The quantitative estimate of drug-likeness (QED) is 0.538. The van der Waals surface area contributed by atoms with Crippen LogP contribution < -0.4 is 0 Å². The van der Waals surface area contributed by atoms with Gasteiger partial charge >= 0.3 is 0 Å². The lowest BCUT2D eigenvalue weighted by atomic mass is 9.92. The predicted molar refractivity (Wildman–Crippen MR) is 64.0 cm³/mol. The Morgan fingerprint density at radius 1 is 1.11 bits per heavy atom. The maximum Gasteiger partial charge on any atom is 0.163 e. The van der Waals surface area contributed by atoms with Crippen molar-refractivity contribution in [2.75, 3.05) is 26.4 Å². The largest absolute Gasteiger partial charge is 0.394 e. The Hall–Kier alpha value is -0.240. The summed E-state index contributed by atoms with van der Waals surface area (Å²) in [5, 5.41) is 28.5. The lowest BCUT2D eigenvalue weighted by Crippen LogP contribution is -2.55. The summed E-state index contributed by atoms with van der Waals surface area (Å²) < 4.78 is 16.1. The molecule has 108 valence electrons. The molecule has 0 bridgehead atoms. The van der Waals surface area contributed by atoms with Crippen LogP contribution in [0.2, 0.25) is 0 Å². The van der Waals surface area contributed by atoms with Crippen LogP contribution in [0.25, 0.3) is 0 Å². The molecular weight excluding hydrogens is 240 g/mol. The fourth-order valence-corrected chi connectivity index (χ4v) is 1.88. The standard InChI is InChI=1S/C12H24O6/c1-3-4-16-5-6-17-12-8(2)10(14)11(15)9(7-13)18-12/h8-15H,3-7H2,1-2H3. The zero-order valence-electron chi connectivity index (χ0n) is 11.0. The zero-order chi connectivity index (χ0) is 13.5. The summed E-state index contributed by atoms with van der Waals surface area (Å²) in [6.45, 7) is 4.91. The van der Waals surface area contributed by atoms with Gasteiger partial charge in [0.05, 0.1) is 25.9 Å². The van der Waals surface area contributed by atoms with Crippen molar-refractivity contribution in [1.29, 1.82) is 0 Å². The van der Waals surface area contributed by atoms with Crippen molar-refractivity contribution in [3.63, 3.8) is 0 Å². The summed E-state index contributed by atoms with van der Waals surface area (Å²) in [5.74, 6) is -0.353. The zero-order valence-corrected chi connectivity index (χ0v) is 11.0. The fraction of sp³-hybridized carbons (Fsp3) is 1.00. The number of rotatable bonds is 7. The monoisotopic (exact) mass is 264 g/mol. The molecule has 0 saturated carbocycles. The van der Waals surface area contributed by atoms with Crippen LogP contribution in [-0.2, 0) is 14.2 Å². The Bertz CT molecular complexity index is 223. The first-order valence-electron chi connectivity index (χ1n) is 6.43. The van der Waals surface area contributed by atoms with E-state index < -0.39 is 24.6 Å². The first kappa shape index (κ1) is 15.8. The first-order valence-corrected chi connectivity index (χ1v) is 6.43. The first-order chi connectivity index (χ1) is 8.61. The molecule has 0 aromatic heterocycles. The minimum atomic E-state index is -1.08. The van der Waals surface area contributed by atoms with Crippen LogP contribution >= 0.6 is 0 Å². The lowest BCUT2D eigenvalue weighted by molar-refractivity contribution is -0.284. The van der Waals surface area contributed by atoms with E-state index in [1.165, 1.54) is 0 Å². The van der Waals surface area contributed by atoms with Crippen LogP contribution in [0.5, 0.6) is 0 Å². The van der Waals surface area contributed by atoms with E-state index in [9.17, 15) is 10.2 Å². The van der Waals surface area contributed by atoms with E-state index >= 15 is 0 Å². The minimum absolute atomic E-state index is 0.350. The van der Waals surface area contributed by atoms with Gasteiger partial charge in [-0.3, -0.25) is 0 Å². The Balaban J connectivity index is 2.35. The lowest BCUT2D eigenvalue weighted by Gasteiger charge is -2.40. The summed E-state index contributed by atoms with van der Waals surface area (Å²) in [5.41, 5.74) is 0. The van der Waals surface area contributed by atoms with E-state index in [2.05, 4.69) is 0 Å². The highest BCUT2D eigenvalue weighted by Gasteiger charge is 2.42. The Morgan fingerprint density at radius 3 is 2.44 bits per heavy atom. The van der Waals surface area contributed by atoms with Gasteiger partial charge in [-0.2, -0.15) is 0 Å². The summed E-state index contributed by atoms with van der Waals surface area (Å²) in [4.78, 5) is 0. The van der Waals surface area contributed by atoms with Crippen molar-refractivity contribution < 1.29 is 29.5 Å². The van der Waals surface area contributed by atoms with Crippen molar-refractivity contribution in [3.8, 4) is 0 Å². The van der Waals surface area contributed by atoms with Crippen molar-refractivity contribution in [3.05, 3.63) is 0 Å². The number of aliphatic hydroxyl groups is 3. The second-order valence-corrected chi connectivity index (χ2v) is 4.55. The van der Waals surface area contributed by atoms with Gasteiger partial charge in [-0.1, -0.05) is 13.8 Å². The second-order valence-electron chi connectivity index (χ2n) is 4.55. The smallest absolute Gasteiger partial charge is 0.163 e. The van der Waals surface area contributed by atoms with Gasteiger partial charge in [0.25, 0.3) is 0 Å². The van der Waals surface area contributed by atoms with E-state index in [-0.39, 0.29) is 12.5 Å². The molecule has 1 saturated heterocycles. The van der Waals surface area contributed by atoms with Crippen LogP contribution in [-0.4, -0.2) is 66.3 Å². The third-order valence-electron chi connectivity index (χ3n) is 3.05. The molecule has 18 heavy (non-hydrogen) atoms. The van der Waals surface area contributed by atoms with Gasteiger partial charge < -0.3 is 29.5 Å². The van der Waals surface area contributed by atoms with Gasteiger partial charge in [0.15, 0.2) is 6.29 Å². The minimum Gasteiger partial charge on any atom is -0.394 e. The molecule has 1 fully saturated rings. The molecule has 1 aliphatic rings. The Kier molecular flexibility index (Phi) is 7.06. The predicted octanol–water partition coefficient (Wildman–Crippen LogP) is -0.495. The maximum atomic E-state index is 9.81. The van der Waals surface area contributed by atoms with Crippen molar-refractivity contribution in [1.82, 2.24) is 0 Å². The van der Waals surface area contributed by atoms with Crippen molar-refractivity contribution in [2.24, 2.45) is 5.92 Å². The molecule has 3 N–H and O–H groups in total. The van der Waals surface area contributed by atoms with Crippen LogP contribution in [0.15, 0.2) is 0 Å². The average Bonchev–Trinajstić information content (AvgIpc) is 2.38.